The molecule has 1 atom stereocenters. The zero-order valence-electron chi connectivity index (χ0n) is 13.5. The van der Waals surface area contributed by atoms with Crippen LogP contribution in [0.3, 0.4) is 0 Å². The summed E-state index contributed by atoms with van der Waals surface area (Å²) >= 11 is 5.98. The normalized spacial score (nSPS) is 21.4. The summed E-state index contributed by atoms with van der Waals surface area (Å²) < 4.78 is 0. The van der Waals surface area contributed by atoms with E-state index in [1.54, 1.807) is 24.3 Å². The highest BCUT2D eigenvalue weighted by atomic mass is 35.5. The van der Waals surface area contributed by atoms with Crippen LogP contribution in [-0.2, 0) is 0 Å². The molecular weight excluding hydrogens is 338 g/mol. The number of aliphatic imine (C=N–C) groups is 1. The van der Waals surface area contributed by atoms with Gasteiger partial charge in [-0.25, -0.2) is 4.99 Å². The molecule has 0 spiro atoms. The van der Waals surface area contributed by atoms with Gasteiger partial charge in [0, 0.05) is 29.2 Å². The highest BCUT2D eigenvalue weighted by Gasteiger charge is 2.52. The zero-order chi connectivity index (χ0) is 17.8. The van der Waals surface area contributed by atoms with Crippen LogP contribution in [-0.4, -0.2) is 28.9 Å². The Bertz CT molecular complexity index is 993. The van der Waals surface area contributed by atoms with Crippen LogP contribution in [0.5, 0.6) is 0 Å². The Morgan fingerprint density at radius 3 is 2.84 bits per heavy atom. The standard InChI is InChI=1S/C19H14ClN3O2/c1-11-8-14(4-2-12(11)10-21)23-7-6-19(25)17(24)15-9-13(20)3-5-16(15)22-18(19)23/h2-5,8-9,25H,6-7H2,1H3/t19-/m1/s1. The number of hydrogen-bond donors (Lipinski definition) is 1. The molecule has 2 aliphatic heterocycles. The van der Waals surface area contributed by atoms with Gasteiger partial charge < -0.3 is 10.0 Å². The molecule has 1 N–H and O–H groups in total. The molecule has 0 bridgehead atoms. The minimum atomic E-state index is -1.64. The molecule has 6 heteroatoms. The molecule has 0 saturated carbocycles. The summed E-state index contributed by atoms with van der Waals surface area (Å²) in [5.74, 6) is -0.0423. The molecule has 25 heavy (non-hydrogen) atoms. The van der Waals surface area contributed by atoms with Crippen molar-refractivity contribution in [2.75, 3.05) is 11.4 Å². The van der Waals surface area contributed by atoms with Gasteiger partial charge in [-0.3, -0.25) is 4.79 Å². The highest BCUT2D eigenvalue weighted by Crippen LogP contribution is 2.40. The van der Waals surface area contributed by atoms with Gasteiger partial charge in [-0.05, 0) is 48.9 Å². The number of Topliss-reactive ketones (excluding diaryl/α,β-unsaturated/α-hetero) is 1. The van der Waals surface area contributed by atoms with Crippen molar-refractivity contribution in [3.05, 3.63) is 58.1 Å². The van der Waals surface area contributed by atoms with E-state index < -0.39 is 5.60 Å². The molecule has 5 nitrogen and oxygen atoms in total. The molecule has 0 aromatic heterocycles. The molecule has 124 valence electrons. The smallest absolute Gasteiger partial charge is 0.204 e. The van der Waals surface area contributed by atoms with Crippen LogP contribution >= 0.6 is 11.6 Å². The Kier molecular flexibility index (Phi) is 3.43. The van der Waals surface area contributed by atoms with E-state index in [0.29, 0.717) is 34.2 Å². The van der Waals surface area contributed by atoms with E-state index in [0.717, 1.165) is 11.3 Å². The van der Waals surface area contributed by atoms with E-state index in [-0.39, 0.29) is 12.2 Å². The number of halogens is 1. The fourth-order valence-corrected chi connectivity index (χ4v) is 3.57. The average Bonchev–Trinajstić information content (AvgIpc) is 2.94. The number of ketones is 1. The summed E-state index contributed by atoms with van der Waals surface area (Å²) in [6, 6.07) is 12.5. The molecule has 0 aliphatic carbocycles. The quantitative estimate of drug-likeness (QED) is 0.854. The van der Waals surface area contributed by atoms with Crippen molar-refractivity contribution >= 4 is 34.6 Å². The number of hydrogen-bond acceptors (Lipinski definition) is 5. The summed E-state index contributed by atoms with van der Waals surface area (Å²) in [5, 5.41) is 20.5. The topological polar surface area (TPSA) is 76.7 Å². The van der Waals surface area contributed by atoms with Crippen LogP contribution in [0.4, 0.5) is 11.4 Å². The van der Waals surface area contributed by atoms with Gasteiger partial charge >= 0.3 is 0 Å². The Morgan fingerprint density at radius 1 is 1.32 bits per heavy atom. The van der Waals surface area contributed by atoms with Crippen LogP contribution in [0.2, 0.25) is 5.02 Å². The van der Waals surface area contributed by atoms with Gasteiger partial charge in [-0.15, -0.1) is 0 Å². The summed E-state index contributed by atoms with van der Waals surface area (Å²) in [5.41, 5.74) is 1.45. The lowest BCUT2D eigenvalue weighted by Crippen LogP contribution is -2.48. The minimum absolute atomic E-state index is 0.260. The van der Waals surface area contributed by atoms with E-state index in [1.807, 2.05) is 24.0 Å². The number of nitrogens with zero attached hydrogens (tertiary/aromatic N) is 3. The minimum Gasteiger partial charge on any atom is -0.374 e. The highest BCUT2D eigenvalue weighted by molar-refractivity contribution is 6.33. The van der Waals surface area contributed by atoms with Gasteiger partial charge in [0.2, 0.25) is 5.78 Å². The van der Waals surface area contributed by atoms with Crippen molar-refractivity contribution < 1.29 is 9.90 Å². The van der Waals surface area contributed by atoms with Crippen LogP contribution in [0.1, 0.15) is 27.9 Å². The second-order valence-electron chi connectivity index (χ2n) is 6.30. The number of amidine groups is 1. The van der Waals surface area contributed by atoms with Gasteiger partial charge in [-0.1, -0.05) is 11.6 Å². The van der Waals surface area contributed by atoms with Crippen LogP contribution in [0.25, 0.3) is 0 Å². The predicted molar refractivity (Wildman–Crippen MR) is 95.7 cm³/mol. The largest absolute Gasteiger partial charge is 0.374 e. The summed E-state index contributed by atoms with van der Waals surface area (Å²) in [6.07, 6.45) is 0.260. The maximum Gasteiger partial charge on any atom is 0.204 e. The number of anilines is 1. The van der Waals surface area contributed by atoms with Gasteiger partial charge in [0.25, 0.3) is 0 Å². The lowest BCUT2D eigenvalue weighted by atomic mass is 9.87. The first-order valence-corrected chi connectivity index (χ1v) is 8.26. The molecule has 0 unspecified atom stereocenters. The van der Waals surface area contributed by atoms with Crippen LogP contribution in [0.15, 0.2) is 41.4 Å². The van der Waals surface area contributed by atoms with Crippen molar-refractivity contribution in [3.63, 3.8) is 0 Å². The molecule has 4 rings (SSSR count). The molecule has 2 heterocycles. The van der Waals surface area contributed by atoms with Crippen molar-refractivity contribution in [3.8, 4) is 6.07 Å². The molecule has 2 aromatic carbocycles. The predicted octanol–water partition coefficient (Wildman–Crippen LogP) is 3.39. The third-order valence-corrected chi connectivity index (χ3v) is 5.01. The Hall–Kier alpha value is -2.68. The summed E-state index contributed by atoms with van der Waals surface area (Å²) in [4.78, 5) is 19.2. The molecule has 0 amide bonds. The monoisotopic (exact) mass is 351 g/mol. The van der Waals surface area contributed by atoms with Gasteiger partial charge in [0.05, 0.1) is 17.3 Å². The Labute approximate surface area is 149 Å². The van der Waals surface area contributed by atoms with E-state index >= 15 is 0 Å². The lowest BCUT2D eigenvalue weighted by molar-refractivity contribution is 0.0602. The number of benzene rings is 2. The summed E-state index contributed by atoms with van der Waals surface area (Å²) in [7, 11) is 0. The number of fused-ring (bicyclic) bond motifs is 2. The van der Waals surface area contributed by atoms with E-state index in [2.05, 4.69) is 11.1 Å². The van der Waals surface area contributed by atoms with Crippen molar-refractivity contribution in [1.82, 2.24) is 0 Å². The van der Waals surface area contributed by atoms with Crippen LogP contribution < -0.4 is 4.90 Å². The van der Waals surface area contributed by atoms with Crippen molar-refractivity contribution in [2.24, 2.45) is 4.99 Å². The van der Waals surface area contributed by atoms with Gasteiger partial charge in [-0.2, -0.15) is 5.26 Å². The molecule has 1 saturated heterocycles. The third-order valence-electron chi connectivity index (χ3n) is 4.77. The summed E-state index contributed by atoms with van der Waals surface area (Å²) in [6.45, 7) is 2.32. The second kappa shape index (κ2) is 5.41. The number of aryl methyl sites for hydroxylation is 1. The first-order chi connectivity index (χ1) is 11.9. The number of aliphatic hydroxyl groups is 1. The number of nitriles is 1. The SMILES string of the molecule is Cc1cc(N2CC[C@@]3(O)C(=O)c4cc(Cl)ccc4N=C23)ccc1C#N. The van der Waals surface area contributed by atoms with Gasteiger partial charge in [0.1, 0.15) is 5.84 Å². The molecular formula is C19H14ClN3O2. The first kappa shape index (κ1) is 15.8. The average molecular weight is 352 g/mol. The molecule has 2 aliphatic rings. The van der Waals surface area contributed by atoms with E-state index in [1.165, 1.54) is 0 Å². The van der Waals surface area contributed by atoms with Crippen molar-refractivity contribution in [2.45, 2.75) is 18.9 Å². The molecule has 2 aromatic rings. The van der Waals surface area contributed by atoms with Crippen molar-refractivity contribution in [1.29, 1.82) is 5.26 Å². The third kappa shape index (κ3) is 2.26. The Balaban J connectivity index is 1.84. The molecule has 1 fully saturated rings. The van der Waals surface area contributed by atoms with Crippen LogP contribution in [0, 0.1) is 18.3 Å². The van der Waals surface area contributed by atoms with E-state index in [4.69, 9.17) is 16.9 Å². The fourth-order valence-electron chi connectivity index (χ4n) is 3.40. The molecule has 0 radical (unpaired) electrons. The number of rotatable bonds is 1. The fraction of sp³-hybridized carbons (Fsp3) is 0.211. The zero-order valence-corrected chi connectivity index (χ0v) is 14.2. The maximum atomic E-state index is 12.9. The van der Waals surface area contributed by atoms with E-state index in [9.17, 15) is 9.90 Å². The second-order valence-corrected chi connectivity index (χ2v) is 6.74. The van der Waals surface area contributed by atoms with Gasteiger partial charge in [0.15, 0.2) is 5.60 Å². The lowest BCUT2D eigenvalue weighted by Gasteiger charge is -2.29. The number of carbonyl (C=O) groups excluding carboxylic acids is 1. The Morgan fingerprint density at radius 2 is 2.12 bits per heavy atom. The number of carbonyl (C=O) groups is 1. The maximum absolute atomic E-state index is 12.9. The first-order valence-electron chi connectivity index (χ1n) is 7.88.